The molecule has 1 aliphatic heterocycles. The first-order chi connectivity index (χ1) is 11.8. The predicted octanol–water partition coefficient (Wildman–Crippen LogP) is 1.34. The molecule has 8 heteroatoms. The Morgan fingerprint density at radius 1 is 1.36 bits per heavy atom. The Morgan fingerprint density at radius 2 is 2.08 bits per heavy atom. The average Bonchev–Trinajstić information content (AvgIpc) is 3.25. The van der Waals surface area contributed by atoms with Gasteiger partial charge in [0.15, 0.2) is 0 Å². The van der Waals surface area contributed by atoms with Crippen molar-refractivity contribution in [1.82, 2.24) is 25.1 Å². The zero-order valence-corrected chi connectivity index (χ0v) is 15.6. The predicted molar refractivity (Wildman–Crippen MR) is 90.1 cm³/mol. The lowest BCUT2D eigenvalue weighted by atomic mass is 9.82. The third-order valence-corrected chi connectivity index (χ3v) is 5.05. The van der Waals surface area contributed by atoms with Gasteiger partial charge in [-0.15, -0.1) is 5.10 Å². The van der Waals surface area contributed by atoms with E-state index in [2.05, 4.69) is 15.5 Å². The van der Waals surface area contributed by atoms with Gasteiger partial charge in [0.25, 0.3) is 0 Å². The number of nitrogens with zero attached hydrogens (tertiary/aromatic N) is 5. The van der Waals surface area contributed by atoms with Crippen LogP contribution in [0.4, 0.5) is 0 Å². The van der Waals surface area contributed by atoms with Crippen LogP contribution in [0.3, 0.4) is 0 Å². The van der Waals surface area contributed by atoms with E-state index >= 15 is 0 Å². The van der Waals surface area contributed by atoms with Crippen LogP contribution < -0.4 is 0 Å². The topological polar surface area (TPSA) is 86.3 Å². The van der Waals surface area contributed by atoms with Crippen molar-refractivity contribution in [3.05, 3.63) is 28.9 Å². The van der Waals surface area contributed by atoms with Crippen LogP contribution in [0.25, 0.3) is 0 Å². The Bertz CT molecular complexity index is 760. The van der Waals surface area contributed by atoms with Crippen LogP contribution in [0.15, 0.2) is 10.7 Å². The minimum atomic E-state index is -0.719. The van der Waals surface area contributed by atoms with Crippen molar-refractivity contribution in [2.45, 2.75) is 45.1 Å². The molecule has 1 aliphatic rings. The van der Waals surface area contributed by atoms with E-state index < -0.39 is 5.41 Å². The maximum Gasteiger partial charge on any atom is 0.232 e. The summed E-state index contributed by atoms with van der Waals surface area (Å²) in [5.74, 6) is 0.738. The fourth-order valence-corrected chi connectivity index (χ4v) is 3.88. The molecule has 0 bridgehead atoms. The van der Waals surface area contributed by atoms with E-state index in [0.717, 1.165) is 17.0 Å². The number of carbonyl (C=O) groups excluding carboxylic acids is 1. The van der Waals surface area contributed by atoms with Gasteiger partial charge < -0.3 is 14.2 Å². The zero-order chi connectivity index (χ0) is 18.4. The number of aromatic nitrogens is 4. The van der Waals surface area contributed by atoms with Crippen LogP contribution in [0.5, 0.6) is 0 Å². The molecule has 2 atom stereocenters. The summed E-state index contributed by atoms with van der Waals surface area (Å²) in [6, 6.07) is 0. The number of ether oxygens (including phenoxy) is 1. The highest BCUT2D eigenvalue weighted by atomic mass is 16.5. The normalized spacial score (nSPS) is 21.1. The van der Waals surface area contributed by atoms with Gasteiger partial charge in [0.2, 0.25) is 5.91 Å². The summed E-state index contributed by atoms with van der Waals surface area (Å²) < 4.78 is 12.5. The highest BCUT2D eigenvalue weighted by Gasteiger charge is 2.44. The van der Waals surface area contributed by atoms with Gasteiger partial charge >= 0.3 is 0 Å². The second kappa shape index (κ2) is 6.25. The molecule has 3 rings (SSSR count). The summed E-state index contributed by atoms with van der Waals surface area (Å²) in [6.45, 7) is 8.63. The molecule has 0 radical (unpaired) electrons. The van der Waals surface area contributed by atoms with Gasteiger partial charge in [-0.3, -0.25) is 9.48 Å². The third-order valence-electron chi connectivity index (χ3n) is 5.05. The zero-order valence-electron chi connectivity index (χ0n) is 15.6. The van der Waals surface area contributed by atoms with Crippen molar-refractivity contribution in [2.75, 3.05) is 20.2 Å². The molecule has 0 aliphatic carbocycles. The largest absolute Gasteiger partial charge is 0.379 e. The van der Waals surface area contributed by atoms with Crippen molar-refractivity contribution in [3.63, 3.8) is 0 Å². The van der Waals surface area contributed by atoms with E-state index in [4.69, 9.17) is 9.26 Å². The first-order valence-electron chi connectivity index (χ1n) is 8.37. The average molecular weight is 347 g/mol. The molecule has 1 saturated heterocycles. The Labute approximate surface area is 147 Å². The number of carbonyl (C=O) groups is 1. The number of hydrogen-bond acceptors (Lipinski definition) is 6. The second-order valence-corrected chi connectivity index (χ2v) is 7.23. The molecule has 0 N–H and O–H groups in total. The van der Waals surface area contributed by atoms with Gasteiger partial charge in [-0.1, -0.05) is 10.4 Å². The van der Waals surface area contributed by atoms with Crippen molar-refractivity contribution >= 4 is 5.91 Å². The molecule has 0 spiro atoms. The van der Waals surface area contributed by atoms with Crippen molar-refractivity contribution in [1.29, 1.82) is 0 Å². The fourth-order valence-electron chi connectivity index (χ4n) is 3.88. The molecule has 2 aromatic rings. The molecule has 0 unspecified atom stereocenters. The van der Waals surface area contributed by atoms with Crippen LogP contribution in [-0.4, -0.2) is 57.3 Å². The monoisotopic (exact) mass is 347 g/mol. The van der Waals surface area contributed by atoms with Crippen molar-refractivity contribution in [3.8, 4) is 0 Å². The molecule has 1 amide bonds. The first-order valence-corrected chi connectivity index (χ1v) is 8.37. The summed E-state index contributed by atoms with van der Waals surface area (Å²) in [6.07, 6.45) is 1.78. The van der Waals surface area contributed by atoms with E-state index in [1.54, 1.807) is 11.8 Å². The SMILES string of the molecule is CO[C@@H]1CN(C(=O)C(C)(C)c2c(C)noc2C)C[C@H]1c1cn(C)nn1. The van der Waals surface area contributed by atoms with Gasteiger partial charge in [0, 0.05) is 39.0 Å². The molecule has 2 aromatic heterocycles. The lowest BCUT2D eigenvalue weighted by Crippen LogP contribution is -2.43. The molecule has 0 saturated carbocycles. The fraction of sp³-hybridized carbons (Fsp3) is 0.647. The minimum Gasteiger partial charge on any atom is -0.379 e. The molecule has 0 aromatic carbocycles. The Kier molecular flexibility index (Phi) is 4.40. The maximum atomic E-state index is 13.3. The summed E-state index contributed by atoms with van der Waals surface area (Å²) in [4.78, 5) is 15.1. The summed E-state index contributed by atoms with van der Waals surface area (Å²) >= 11 is 0. The Hall–Kier alpha value is -2.22. The van der Waals surface area contributed by atoms with Gasteiger partial charge in [0.05, 0.1) is 28.8 Å². The van der Waals surface area contributed by atoms with Crippen LogP contribution in [0.2, 0.25) is 0 Å². The molecular formula is C17H25N5O3. The summed E-state index contributed by atoms with van der Waals surface area (Å²) in [5.41, 5.74) is 1.74. The Balaban J connectivity index is 1.85. The van der Waals surface area contributed by atoms with E-state index in [-0.39, 0.29) is 17.9 Å². The standard InChI is InChI=1S/C17H25N5O3/c1-10-15(11(2)25-19-10)17(3,4)16(23)22-7-12(14(9-22)24-6)13-8-21(5)20-18-13/h8,12,14H,7,9H2,1-6H3/t12-,14+/m0/s1. The van der Waals surface area contributed by atoms with E-state index in [9.17, 15) is 4.79 Å². The summed E-state index contributed by atoms with van der Waals surface area (Å²) in [7, 11) is 3.50. The highest BCUT2D eigenvalue weighted by Crippen LogP contribution is 2.35. The minimum absolute atomic E-state index is 0.0168. The molecule has 136 valence electrons. The molecule has 25 heavy (non-hydrogen) atoms. The Morgan fingerprint density at radius 3 is 2.60 bits per heavy atom. The number of methoxy groups -OCH3 is 1. The van der Waals surface area contributed by atoms with Crippen molar-refractivity contribution in [2.24, 2.45) is 7.05 Å². The second-order valence-electron chi connectivity index (χ2n) is 7.23. The highest BCUT2D eigenvalue weighted by molar-refractivity contribution is 5.88. The molecule has 3 heterocycles. The lowest BCUT2D eigenvalue weighted by Gasteiger charge is -2.29. The molecule has 8 nitrogen and oxygen atoms in total. The van der Waals surface area contributed by atoms with Gasteiger partial charge in [-0.05, 0) is 27.7 Å². The maximum absolute atomic E-state index is 13.3. The van der Waals surface area contributed by atoms with E-state index in [0.29, 0.717) is 18.8 Å². The van der Waals surface area contributed by atoms with E-state index in [1.165, 1.54) is 0 Å². The number of rotatable bonds is 4. The summed E-state index contributed by atoms with van der Waals surface area (Å²) in [5, 5.41) is 12.2. The van der Waals surface area contributed by atoms with Crippen LogP contribution >= 0.6 is 0 Å². The van der Waals surface area contributed by atoms with Crippen LogP contribution in [0.1, 0.15) is 42.5 Å². The number of hydrogen-bond donors (Lipinski definition) is 0. The third kappa shape index (κ3) is 2.95. The lowest BCUT2D eigenvalue weighted by molar-refractivity contribution is -0.135. The van der Waals surface area contributed by atoms with Gasteiger partial charge in [0.1, 0.15) is 5.76 Å². The van der Waals surface area contributed by atoms with Crippen molar-refractivity contribution < 1.29 is 14.1 Å². The van der Waals surface area contributed by atoms with Gasteiger partial charge in [-0.25, -0.2) is 0 Å². The molecular weight excluding hydrogens is 322 g/mol. The van der Waals surface area contributed by atoms with E-state index in [1.807, 2.05) is 45.8 Å². The quantitative estimate of drug-likeness (QED) is 0.829. The number of aryl methyl sites for hydroxylation is 3. The number of amides is 1. The van der Waals surface area contributed by atoms with Gasteiger partial charge in [-0.2, -0.15) is 0 Å². The first kappa shape index (κ1) is 17.6. The van der Waals surface area contributed by atoms with Crippen LogP contribution in [-0.2, 0) is 22.0 Å². The molecule has 1 fully saturated rings. The number of likely N-dealkylation sites (tertiary alicyclic amines) is 1. The smallest absolute Gasteiger partial charge is 0.232 e. The van der Waals surface area contributed by atoms with Crippen LogP contribution in [0, 0.1) is 13.8 Å².